The Hall–Kier alpha value is -0.260. The summed E-state index contributed by atoms with van der Waals surface area (Å²) in [6.07, 6.45) is 6.21. The van der Waals surface area contributed by atoms with Gasteiger partial charge in [0.1, 0.15) is 0 Å². The lowest BCUT2D eigenvalue weighted by atomic mass is 9.48. The smallest absolute Gasteiger partial charge is 0.0146 e. The molecule has 3 aliphatic rings. The highest BCUT2D eigenvalue weighted by atomic mass is 14.5. The Balaban J connectivity index is 2.23. The minimum absolute atomic E-state index is 0.599. The zero-order valence-corrected chi connectivity index (χ0v) is 7.56. The van der Waals surface area contributed by atoms with Crippen LogP contribution in [0.25, 0.3) is 0 Å². The molecular weight excluding hydrogens is 132 g/mol. The van der Waals surface area contributed by atoms with Crippen molar-refractivity contribution in [3.8, 4) is 0 Å². The van der Waals surface area contributed by atoms with E-state index in [0.717, 1.165) is 18.3 Å². The molecule has 1 radical (unpaired) electrons. The molecule has 0 aromatic carbocycles. The van der Waals surface area contributed by atoms with E-state index in [4.69, 9.17) is 0 Å². The summed E-state index contributed by atoms with van der Waals surface area (Å²) in [5.41, 5.74) is 2.22. The lowest BCUT2D eigenvalue weighted by molar-refractivity contribution is -0.00725. The zero-order chi connectivity index (χ0) is 8.06. The van der Waals surface area contributed by atoms with Crippen molar-refractivity contribution < 1.29 is 0 Å². The predicted octanol–water partition coefficient (Wildman–Crippen LogP) is 3.20. The van der Waals surface area contributed by atoms with E-state index in [1.54, 1.807) is 5.57 Å². The molecule has 0 nitrogen and oxygen atoms in total. The van der Waals surface area contributed by atoms with Crippen LogP contribution in [-0.4, -0.2) is 0 Å². The average Bonchev–Trinajstić information content (AvgIpc) is 2.04. The van der Waals surface area contributed by atoms with E-state index in [2.05, 4.69) is 26.8 Å². The van der Waals surface area contributed by atoms with Gasteiger partial charge in [-0.15, -0.1) is 0 Å². The second-order valence-electron chi connectivity index (χ2n) is 4.57. The predicted molar refractivity (Wildman–Crippen MR) is 48.1 cm³/mol. The molecule has 3 rings (SSSR count). The normalized spacial score (nSPS) is 39.4. The third-order valence-electron chi connectivity index (χ3n) is 3.87. The van der Waals surface area contributed by atoms with E-state index >= 15 is 0 Å². The van der Waals surface area contributed by atoms with Gasteiger partial charge in [0.2, 0.25) is 0 Å². The first-order valence-corrected chi connectivity index (χ1v) is 4.64. The van der Waals surface area contributed by atoms with Crippen molar-refractivity contribution in [2.24, 2.45) is 17.3 Å². The fourth-order valence-corrected chi connectivity index (χ4v) is 2.76. The van der Waals surface area contributed by atoms with Crippen LogP contribution in [0.5, 0.6) is 0 Å². The van der Waals surface area contributed by atoms with Crippen molar-refractivity contribution in [1.29, 1.82) is 0 Å². The Morgan fingerprint density at radius 1 is 1.64 bits per heavy atom. The first-order valence-electron chi connectivity index (χ1n) is 4.64. The molecule has 0 aromatic heterocycles. The molecule has 61 valence electrons. The summed E-state index contributed by atoms with van der Waals surface area (Å²) in [7, 11) is 0. The maximum absolute atomic E-state index is 3.98. The van der Waals surface area contributed by atoms with Crippen molar-refractivity contribution in [1.82, 2.24) is 0 Å². The number of allylic oxidation sites excluding steroid dienone is 2. The molecule has 3 aliphatic carbocycles. The van der Waals surface area contributed by atoms with Gasteiger partial charge in [-0.1, -0.05) is 25.5 Å². The summed E-state index contributed by atoms with van der Waals surface area (Å²) in [5.74, 6) is 1.85. The Morgan fingerprint density at radius 3 is 2.73 bits per heavy atom. The highest BCUT2D eigenvalue weighted by Gasteiger charge is 2.50. The summed E-state index contributed by atoms with van der Waals surface area (Å²) >= 11 is 0. The van der Waals surface area contributed by atoms with E-state index in [-0.39, 0.29) is 0 Å². The van der Waals surface area contributed by atoms with Crippen LogP contribution in [0.2, 0.25) is 0 Å². The Kier molecular flexibility index (Phi) is 1.42. The van der Waals surface area contributed by atoms with Crippen LogP contribution in [0.1, 0.15) is 33.1 Å². The first-order chi connectivity index (χ1) is 5.16. The number of fused-ring (bicyclic) bond motifs is 1. The van der Waals surface area contributed by atoms with Gasteiger partial charge in [-0.2, -0.15) is 0 Å². The van der Waals surface area contributed by atoms with Crippen molar-refractivity contribution in [2.45, 2.75) is 33.1 Å². The zero-order valence-electron chi connectivity index (χ0n) is 7.56. The molecule has 11 heavy (non-hydrogen) atoms. The fraction of sp³-hybridized carbons (Fsp3) is 0.727. The Morgan fingerprint density at radius 2 is 2.36 bits per heavy atom. The number of rotatable bonds is 1. The fourth-order valence-electron chi connectivity index (χ4n) is 2.76. The van der Waals surface area contributed by atoms with Gasteiger partial charge in [0.05, 0.1) is 0 Å². The highest BCUT2D eigenvalue weighted by Crippen LogP contribution is 2.59. The van der Waals surface area contributed by atoms with Gasteiger partial charge in [0.25, 0.3) is 0 Å². The van der Waals surface area contributed by atoms with Crippen LogP contribution < -0.4 is 0 Å². The second kappa shape index (κ2) is 2.12. The molecule has 0 spiro atoms. The lowest BCUT2D eigenvalue weighted by Crippen LogP contribution is -2.47. The van der Waals surface area contributed by atoms with Gasteiger partial charge >= 0.3 is 0 Å². The second-order valence-corrected chi connectivity index (χ2v) is 4.57. The van der Waals surface area contributed by atoms with Gasteiger partial charge in [-0.3, -0.25) is 0 Å². The molecule has 0 aliphatic heterocycles. The summed E-state index contributed by atoms with van der Waals surface area (Å²) in [5, 5.41) is 0. The van der Waals surface area contributed by atoms with Crippen molar-refractivity contribution >= 4 is 0 Å². The summed E-state index contributed by atoms with van der Waals surface area (Å²) < 4.78 is 0. The van der Waals surface area contributed by atoms with E-state index in [1.165, 1.54) is 12.8 Å². The minimum atomic E-state index is 0.599. The lowest BCUT2D eigenvalue weighted by Gasteiger charge is -2.56. The van der Waals surface area contributed by atoms with Crippen LogP contribution in [0.4, 0.5) is 0 Å². The van der Waals surface area contributed by atoms with E-state index < -0.39 is 0 Å². The summed E-state index contributed by atoms with van der Waals surface area (Å²) in [6.45, 7) is 8.80. The van der Waals surface area contributed by atoms with Gasteiger partial charge < -0.3 is 0 Å². The van der Waals surface area contributed by atoms with E-state index in [0.29, 0.717) is 5.41 Å². The Labute approximate surface area is 69.7 Å². The van der Waals surface area contributed by atoms with Gasteiger partial charge in [-0.25, -0.2) is 0 Å². The van der Waals surface area contributed by atoms with Crippen LogP contribution in [0, 0.1) is 24.2 Å². The van der Waals surface area contributed by atoms with E-state index in [1.807, 2.05) is 0 Å². The van der Waals surface area contributed by atoms with Crippen molar-refractivity contribution in [2.75, 3.05) is 0 Å². The molecular formula is C11H17. The molecule has 0 aromatic rings. The van der Waals surface area contributed by atoms with Crippen molar-refractivity contribution in [3.05, 3.63) is 18.6 Å². The summed E-state index contributed by atoms with van der Waals surface area (Å²) in [4.78, 5) is 0. The van der Waals surface area contributed by atoms with Crippen LogP contribution in [0.15, 0.2) is 11.6 Å². The highest BCUT2D eigenvalue weighted by molar-refractivity contribution is 5.23. The number of hydrogen-bond donors (Lipinski definition) is 0. The third kappa shape index (κ3) is 0.816. The molecule has 0 heteroatoms. The first kappa shape index (κ1) is 7.39. The standard InChI is InChI=1S/C11H17/c1-4-8-5-6-9-7-10(8)11(9,2)3/h5,9-10H,1,4,6-7H2,2-3H3/t9-,10-/m0/s1. The molecule has 1 saturated carbocycles. The molecule has 1 fully saturated rings. The maximum Gasteiger partial charge on any atom is -0.0146 e. The molecule has 2 atom stereocenters. The molecule has 0 heterocycles. The van der Waals surface area contributed by atoms with E-state index in [9.17, 15) is 0 Å². The molecule has 0 amide bonds. The molecule has 0 unspecified atom stereocenters. The number of hydrogen-bond acceptors (Lipinski definition) is 0. The summed E-state index contributed by atoms with van der Waals surface area (Å²) in [6, 6.07) is 0. The van der Waals surface area contributed by atoms with Crippen LogP contribution in [-0.2, 0) is 0 Å². The SMILES string of the molecule is [CH2]CC1=CC[C@H]2C[C@@H]1C2(C)C. The Bertz CT molecular complexity index is 198. The van der Waals surface area contributed by atoms with Gasteiger partial charge in [-0.05, 0) is 43.4 Å². The molecule has 0 N–H and O–H groups in total. The average molecular weight is 149 g/mol. The molecule has 0 saturated heterocycles. The van der Waals surface area contributed by atoms with Gasteiger partial charge in [0, 0.05) is 0 Å². The quantitative estimate of drug-likeness (QED) is 0.502. The van der Waals surface area contributed by atoms with Crippen LogP contribution in [0.3, 0.4) is 0 Å². The minimum Gasteiger partial charge on any atom is -0.0847 e. The van der Waals surface area contributed by atoms with Gasteiger partial charge in [0.15, 0.2) is 0 Å². The topological polar surface area (TPSA) is 0 Å². The monoisotopic (exact) mass is 149 g/mol. The van der Waals surface area contributed by atoms with Crippen molar-refractivity contribution in [3.63, 3.8) is 0 Å². The third-order valence-corrected chi connectivity index (χ3v) is 3.87. The molecule has 2 bridgehead atoms. The maximum atomic E-state index is 3.98. The van der Waals surface area contributed by atoms with Crippen LogP contribution >= 0.6 is 0 Å². The largest absolute Gasteiger partial charge is 0.0847 e.